The zero-order valence-electron chi connectivity index (χ0n) is 20.4. The first kappa shape index (κ1) is 25.7. The third kappa shape index (κ3) is 6.79. The lowest BCUT2D eigenvalue weighted by atomic mass is 9.91. The Bertz CT molecular complexity index is 1180. The quantitative estimate of drug-likeness (QED) is 0.396. The van der Waals surface area contributed by atoms with Gasteiger partial charge in [-0.05, 0) is 64.3 Å². The number of ether oxygens (including phenoxy) is 2. The molecule has 1 aromatic carbocycles. The van der Waals surface area contributed by atoms with E-state index in [4.69, 9.17) is 21.1 Å². The highest BCUT2D eigenvalue weighted by molar-refractivity contribution is 6.32. The summed E-state index contributed by atoms with van der Waals surface area (Å²) < 4.78 is 25.0. The summed E-state index contributed by atoms with van der Waals surface area (Å²) in [4.78, 5) is 21.1. The van der Waals surface area contributed by atoms with Crippen LogP contribution in [-0.2, 0) is 4.74 Å². The number of halogens is 2. The molecule has 1 atom stereocenters. The highest BCUT2D eigenvalue weighted by Crippen LogP contribution is 2.32. The van der Waals surface area contributed by atoms with Gasteiger partial charge in [0.1, 0.15) is 18.0 Å². The molecule has 8 heteroatoms. The molecule has 0 aliphatic rings. The molecule has 2 aromatic heterocycles. The maximum Gasteiger partial charge on any atom is 0.408 e. The van der Waals surface area contributed by atoms with Gasteiger partial charge in [-0.15, -0.1) is 0 Å². The number of alkyl carbamates (subject to hydrolysis) is 1. The minimum atomic E-state index is -0.677. The van der Waals surface area contributed by atoms with E-state index in [-0.39, 0.29) is 12.4 Å². The lowest BCUT2D eigenvalue weighted by Gasteiger charge is -2.33. The molecule has 0 spiro atoms. The Morgan fingerprint density at radius 2 is 1.88 bits per heavy atom. The van der Waals surface area contributed by atoms with Crippen molar-refractivity contribution in [3.05, 3.63) is 53.6 Å². The lowest BCUT2D eigenvalue weighted by molar-refractivity contribution is 0.0408. The van der Waals surface area contributed by atoms with Crippen molar-refractivity contribution in [1.82, 2.24) is 15.3 Å². The van der Waals surface area contributed by atoms with Gasteiger partial charge in [0.05, 0.1) is 28.0 Å². The van der Waals surface area contributed by atoms with E-state index < -0.39 is 17.2 Å². The number of pyridine rings is 2. The highest BCUT2D eigenvalue weighted by atomic mass is 35.5. The Hall–Kier alpha value is -2.93. The molecule has 0 bridgehead atoms. The Kier molecular flexibility index (Phi) is 7.66. The molecule has 0 unspecified atom stereocenters. The topological polar surface area (TPSA) is 73.3 Å². The molecule has 6 nitrogen and oxygen atoms in total. The van der Waals surface area contributed by atoms with Crippen LogP contribution in [0.1, 0.15) is 48.0 Å². The molecule has 0 saturated carbocycles. The second-order valence-corrected chi connectivity index (χ2v) is 10.5. The van der Waals surface area contributed by atoms with Crippen LogP contribution >= 0.6 is 11.6 Å². The summed E-state index contributed by atoms with van der Waals surface area (Å²) in [6.07, 6.45) is 3.34. The third-order valence-electron chi connectivity index (χ3n) is 5.01. The molecule has 0 aliphatic heterocycles. The fourth-order valence-corrected chi connectivity index (χ4v) is 4.06. The SMILES string of the molecule is CC(C)C[C@@](C)(COc1cnc(-c2ccnc3cc(F)ccc23)cc1Cl)NC(=O)OC(C)(C)C. The summed E-state index contributed by atoms with van der Waals surface area (Å²) in [5, 5.41) is 4.09. The molecule has 0 radical (unpaired) electrons. The van der Waals surface area contributed by atoms with E-state index in [1.165, 1.54) is 12.1 Å². The van der Waals surface area contributed by atoms with Gasteiger partial charge < -0.3 is 14.8 Å². The van der Waals surface area contributed by atoms with Gasteiger partial charge in [0.25, 0.3) is 0 Å². The second kappa shape index (κ2) is 10.1. The van der Waals surface area contributed by atoms with Gasteiger partial charge in [0.15, 0.2) is 5.75 Å². The van der Waals surface area contributed by atoms with E-state index in [1.807, 2.05) is 33.8 Å². The van der Waals surface area contributed by atoms with Gasteiger partial charge in [-0.3, -0.25) is 9.97 Å². The van der Waals surface area contributed by atoms with Gasteiger partial charge in [0, 0.05) is 23.2 Å². The molecule has 3 aromatic rings. The van der Waals surface area contributed by atoms with Crippen LogP contribution in [0.3, 0.4) is 0 Å². The summed E-state index contributed by atoms with van der Waals surface area (Å²) in [7, 11) is 0. The van der Waals surface area contributed by atoms with E-state index in [0.717, 1.165) is 10.9 Å². The van der Waals surface area contributed by atoms with Crippen LogP contribution in [0.5, 0.6) is 5.75 Å². The average molecular weight is 488 g/mol. The van der Waals surface area contributed by atoms with Crippen molar-refractivity contribution in [2.75, 3.05) is 6.61 Å². The zero-order valence-corrected chi connectivity index (χ0v) is 21.2. The summed E-state index contributed by atoms with van der Waals surface area (Å²) in [5.41, 5.74) is 0.663. The zero-order chi connectivity index (χ0) is 25.1. The largest absolute Gasteiger partial charge is 0.488 e. The molecule has 1 N–H and O–H groups in total. The van der Waals surface area contributed by atoms with Crippen LogP contribution in [0, 0.1) is 11.7 Å². The van der Waals surface area contributed by atoms with E-state index in [0.29, 0.717) is 34.3 Å². The van der Waals surface area contributed by atoms with E-state index in [1.54, 1.807) is 24.5 Å². The predicted molar refractivity (Wildman–Crippen MR) is 133 cm³/mol. The normalized spacial score (nSPS) is 13.6. The van der Waals surface area contributed by atoms with Gasteiger partial charge in [-0.25, -0.2) is 9.18 Å². The third-order valence-corrected chi connectivity index (χ3v) is 5.30. The van der Waals surface area contributed by atoms with Gasteiger partial charge >= 0.3 is 6.09 Å². The molecule has 34 heavy (non-hydrogen) atoms. The smallest absolute Gasteiger partial charge is 0.408 e. The van der Waals surface area contributed by atoms with Crippen molar-refractivity contribution in [3.63, 3.8) is 0 Å². The first-order valence-electron chi connectivity index (χ1n) is 11.2. The highest BCUT2D eigenvalue weighted by Gasteiger charge is 2.31. The van der Waals surface area contributed by atoms with Gasteiger partial charge in [-0.1, -0.05) is 25.4 Å². The van der Waals surface area contributed by atoms with E-state index >= 15 is 0 Å². The van der Waals surface area contributed by atoms with Gasteiger partial charge in [0.2, 0.25) is 0 Å². The monoisotopic (exact) mass is 487 g/mol. The van der Waals surface area contributed by atoms with Crippen LogP contribution in [0.4, 0.5) is 9.18 Å². The standard InChI is InChI=1S/C26H31ClFN3O3/c1-16(2)13-26(6,31-24(32)34-25(3,4)5)15-33-23-14-30-22(12-20(23)27)19-9-10-29-21-11-17(28)7-8-18(19)21/h7-12,14,16H,13,15H2,1-6H3,(H,31,32)/t26-/m0/s1. The number of fused-ring (bicyclic) bond motifs is 1. The number of carbonyl (C=O) groups excluding carboxylic acids is 1. The molecular formula is C26H31ClFN3O3. The Balaban J connectivity index is 1.80. The first-order valence-corrected chi connectivity index (χ1v) is 11.6. The summed E-state index contributed by atoms with van der Waals surface area (Å²) in [5.74, 6) is 0.358. The van der Waals surface area contributed by atoms with Crippen molar-refractivity contribution >= 4 is 28.6 Å². The van der Waals surface area contributed by atoms with Gasteiger partial charge in [-0.2, -0.15) is 0 Å². The van der Waals surface area contributed by atoms with Crippen molar-refractivity contribution in [3.8, 4) is 17.0 Å². The van der Waals surface area contributed by atoms with Crippen LogP contribution in [0.25, 0.3) is 22.2 Å². The number of nitrogens with zero attached hydrogens (tertiary/aromatic N) is 2. The molecule has 1 amide bonds. The number of amides is 1. The Labute approximate surface area is 204 Å². The minimum Gasteiger partial charge on any atom is -0.488 e. The number of rotatable bonds is 7. The van der Waals surface area contributed by atoms with E-state index in [9.17, 15) is 9.18 Å². The van der Waals surface area contributed by atoms with Crippen molar-refractivity contribution in [2.45, 2.75) is 59.1 Å². The van der Waals surface area contributed by atoms with Crippen molar-refractivity contribution < 1.29 is 18.7 Å². The number of nitrogens with one attached hydrogen (secondary N) is 1. The first-order chi connectivity index (χ1) is 15.8. The van der Waals surface area contributed by atoms with E-state index in [2.05, 4.69) is 29.1 Å². The summed E-state index contributed by atoms with van der Waals surface area (Å²) >= 11 is 6.53. The second-order valence-electron chi connectivity index (χ2n) is 10.1. The number of aromatic nitrogens is 2. The Morgan fingerprint density at radius 1 is 1.15 bits per heavy atom. The molecule has 3 rings (SSSR count). The molecule has 2 heterocycles. The number of carbonyl (C=O) groups is 1. The van der Waals surface area contributed by atoms with Crippen LogP contribution in [0.2, 0.25) is 5.02 Å². The fraction of sp³-hybridized carbons (Fsp3) is 0.423. The molecule has 0 saturated heterocycles. The molecule has 182 valence electrons. The van der Waals surface area contributed by atoms with Crippen LogP contribution in [0.15, 0.2) is 42.7 Å². The summed E-state index contributed by atoms with van der Waals surface area (Å²) in [6.45, 7) is 11.7. The van der Waals surface area contributed by atoms with Crippen molar-refractivity contribution in [1.29, 1.82) is 0 Å². The lowest BCUT2D eigenvalue weighted by Crippen LogP contribution is -2.52. The number of benzene rings is 1. The fourth-order valence-electron chi connectivity index (χ4n) is 3.85. The van der Waals surface area contributed by atoms with Crippen LogP contribution < -0.4 is 10.1 Å². The van der Waals surface area contributed by atoms with Crippen molar-refractivity contribution in [2.24, 2.45) is 5.92 Å². The predicted octanol–water partition coefficient (Wildman–Crippen LogP) is 6.80. The van der Waals surface area contributed by atoms with Crippen LogP contribution in [-0.4, -0.2) is 33.8 Å². The maximum absolute atomic E-state index is 13.6. The number of hydrogen-bond donors (Lipinski definition) is 1. The molecule has 0 fully saturated rings. The minimum absolute atomic E-state index is 0.183. The maximum atomic E-state index is 13.6. The molecule has 0 aliphatic carbocycles. The molecular weight excluding hydrogens is 457 g/mol. The average Bonchev–Trinajstić information content (AvgIpc) is 2.70. The Morgan fingerprint density at radius 3 is 2.53 bits per heavy atom. The number of hydrogen-bond acceptors (Lipinski definition) is 5. The summed E-state index contributed by atoms with van der Waals surface area (Å²) in [6, 6.07) is 7.96.